The van der Waals surface area contributed by atoms with Crippen molar-refractivity contribution in [3.8, 4) is 0 Å². The lowest BCUT2D eigenvalue weighted by Gasteiger charge is -2.41. The molecule has 7 N–H and O–H groups in total. The molecule has 0 spiro atoms. The summed E-state index contributed by atoms with van der Waals surface area (Å²) in [6.45, 7) is -4.14. The largest absolute Gasteiger partial charge is 0.397 e. The van der Waals surface area contributed by atoms with Crippen molar-refractivity contribution >= 4 is 10.4 Å². The van der Waals surface area contributed by atoms with Crippen LogP contribution in [0.5, 0.6) is 0 Å². The van der Waals surface area contributed by atoms with Gasteiger partial charge < -0.3 is 35.6 Å². The van der Waals surface area contributed by atoms with Crippen LogP contribution in [0, 0.1) is 0 Å². The van der Waals surface area contributed by atoms with Crippen molar-refractivity contribution in [1.29, 1.82) is 0 Å². The Morgan fingerprint density at radius 3 is 2.28 bits per heavy atom. The van der Waals surface area contributed by atoms with Crippen LogP contribution in [0.25, 0.3) is 0 Å². The number of hydrogen-bond acceptors (Lipinski definition) is 10. The van der Waals surface area contributed by atoms with E-state index < -0.39 is 79.5 Å². The molecule has 0 aromatic heterocycles. The van der Waals surface area contributed by atoms with Gasteiger partial charge in [0.2, 0.25) is 0 Å². The Labute approximate surface area is 225 Å². The summed E-state index contributed by atoms with van der Waals surface area (Å²) in [6, 6.07) is -0.963. The summed E-state index contributed by atoms with van der Waals surface area (Å²) < 4.78 is 98.4. The average Bonchev–Trinajstić information content (AvgIpc) is 2.89. The number of ether oxygens (including phenoxy) is 2. The molecule has 7 atom stereocenters. The first-order chi connectivity index (χ1) is 19.7. The molecule has 0 aromatic carbocycles. The standard InChI is InChI=1S/C24H47NO10S/c1-2-3-4-5-6-7-8-9-10-11-12-13-14-15-19(27)18(25)17-33-24-22(29)23(35-36(30,31)32)21(28)20(16-26)34-24/h14-15,18-24,26-29H,2-13,16-17,25H2,1H3,(H,30,31,32)/b15-14+/t18-,19+,20+,21-,22+,23-,24+/m0/s1/i1D3,2D2,3D2. The summed E-state index contributed by atoms with van der Waals surface area (Å²) in [5, 5.41) is 39.9. The van der Waals surface area contributed by atoms with E-state index >= 15 is 0 Å². The number of nitrogens with two attached hydrogens (primary N) is 1. The van der Waals surface area contributed by atoms with Gasteiger partial charge in [0, 0.05) is 9.60 Å². The summed E-state index contributed by atoms with van der Waals surface area (Å²) in [5.74, 6) is 0. The second-order valence-electron chi connectivity index (χ2n) is 8.78. The van der Waals surface area contributed by atoms with Crippen LogP contribution < -0.4 is 5.73 Å². The molecule has 0 bridgehead atoms. The van der Waals surface area contributed by atoms with E-state index in [4.69, 9.17) is 29.4 Å². The molecule has 0 unspecified atom stereocenters. The molecule has 36 heavy (non-hydrogen) atoms. The van der Waals surface area contributed by atoms with Gasteiger partial charge >= 0.3 is 10.4 Å². The quantitative estimate of drug-likeness (QED) is 0.0736. The molecule has 0 amide bonds. The van der Waals surface area contributed by atoms with Crippen molar-refractivity contribution < 1.29 is 56.6 Å². The van der Waals surface area contributed by atoms with Crippen LogP contribution in [0.2, 0.25) is 0 Å². The molecule has 1 aliphatic heterocycles. The highest BCUT2D eigenvalue weighted by Crippen LogP contribution is 2.25. The highest BCUT2D eigenvalue weighted by molar-refractivity contribution is 7.80. The maximum absolute atomic E-state index is 11.0. The molecule has 0 radical (unpaired) electrons. The van der Waals surface area contributed by atoms with Gasteiger partial charge in [0.05, 0.1) is 25.4 Å². The molecule has 0 aromatic rings. The van der Waals surface area contributed by atoms with E-state index in [9.17, 15) is 28.8 Å². The van der Waals surface area contributed by atoms with Gasteiger partial charge in [0.1, 0.15) is 24.4 Å². The lowest BCUT2D eigenvalue weighted by Crippen LogP contribution is -2.61. The number of unbranched alkanes of at least 4 members (excludes halogenated alkanes) is 8. The number of rotatable bonds is 20. The van der Waals surface area contributed by atoms with E-state index in [1.165, 1.54) is 6.08 Å². The summed E-state index contributed by atoms with van der Waals surface area (Å²) in [4.78, 5) is 0. The van der Waals surface area contributed by atoms with Gasteiger partial charge in [-0.3, -0.25) is 4.55 Å². The average molecular weight is 549 g/mol. The fourth-order valence-electron chi connectivity index (χ4n) is 3.73. The Balaban J connectivity index is 2.25. The first-order valence-corrected chi connectivity index (χ1v) is 13.6. The molecular weight excluding hydrogens is 494 g/mol. The summed E-state index contributed by atoms with van der Waals surface area (Å²) in [6.07, 6.45) is -4.55. The maximum Gasteiger partial charge on any atom is 0.397 e. The van der Waals surface area contributed by atoms with Gasteiger partial charge in [-0.05, 0) is 12.8 Å². The van der Waals surface area contributed by atoms with E-state index in [0.717, 1.165) is 38.5 Å². The third-order valence-corrected chi connectivity index (χ3v) is 6.26. The van der Waals surface area contributed by atoms with Gasteiger partial charge in [-0.1, -0.05) is 83.1 Å². The summed E-state index contributed by atoms with van der Waals surface area (Å²) in [7, 11) is -5.05. The zero-order valence-electron chi connectivity index (χ0n) is 27.4. The Morgan fingerprint density at radius 2 is 1.69 bits per heavy atom. The minimum absolute atomic E-state index is 0.149. The van der Waals surface area contributed by atoms with Crippen LogP contribution in [0.3, 0.4) is 0 Å². The molecule has 214 valence electrons. The Morgan fingerprint density at radius 1 is 1.08 bits per heavy atom. The van der Waals surface area contributed by atoms with E-state index in [1.807, 2.05) is 0 Å². The Kier molecular flexibility index (Phi) is 12.0. The van der Waals surface area contributed by atoms with E-state index in [0.29, 0.717) is 19.3 Å². The lowest BCUT2D eigenvalue weighted by atomic mass is 9.99. The van der Waals surface area contributed by atoms with E-state index in [1.54, 1.807) is 6.08 Å². The number of aliphatic hydroxyl groups is 4. The fraction of sp³-hybridized carbons (Fsp3) is 0.917. The van der Waals surface area contributed by atoms with Crippen LogP contribution in [0.15, 0.2) is 12.2 Å². The van der Waals surface area contributed by atoms with Crippen molar-refractivity contribution in [1.82, 2.24) is 0 Å². The van der Waals surface area contributed by atoms with Crippen LogP contribution >= 0.6 is 0 Å². The van der Waals surface area contributed by atoms with Crippen LogP contribution in [0.4, 0.5) is 0 Å². The molecule has 1 aliphatic rings. The lowest BCUT2D eigenvalue weighted by molar-refractivity contribution is -0.298. The first kappa shape index (κ1) is 23.2. The van der Waals surface area contributed by atoms with E-state index in [2.05, 4.69) is 4.18 Å². The first-order valence-electron chi connectivity index (χ1n) is 15.7. The second kappa shape index (κ2) is 18.6. The molecular formula is C24H47NO10S. The monoisotopic (exact) mass is 548 g/mol. The summed E-state index contributed by atoms with van der Waals surface area (Å²) >= 11 is 0. The van der Waals surface area contributed by atoms with Crippen molar-refractivity contribution in [2.45, 2.75) is 127 Å². The predicted molar refractivity (Wildman–Crippen MR) is 134 cm³/mol. The molecule has 1 rings (SSSR count). The number of aliphatic hydroxyl groups excluding tert-OH is 4. The molecule has 0 aliphatic carbocycles. The Bertz CT molecular complexity index is 942. The zero-order chi connectivity index (χ0) is 33.1. The maximum atomic E-state index is 11.0. The molecule has 0 saturated carbocycles. The topological polar surface area (TPSA) is 189 Å². The highest BCUT2D eigenvalue weighted by atomic mass is 32.3. The fourth-order valence-corrected chi connectivity index (χ4v) is 4.24. The molecule has 12 heteroatoms. The molecule has 1 saturated heterocycles. The van der Waals surface area contributed by atoms with Crippen molar-refractivity contribution in [2.75, 3.05) is 13.2 Å². The van der Waals surface area contributed by atoms with Gasteiger partial charge in [-0.15, -0.1) is 0 Å². The van der Waals surface area contributed by atoms with Gasteiger partial charge in [-0.25, -0.2) is 4.18 Å². The van der Waals surface area contributed by atoms with Gasteiger partial charge in [-0.2, -0.15) is 8.42 Å². The van der Waals surface area contributed by atoms with Crippen LogP contribution in [-0.2, 0) is 24.1 Å². The zero-order valence-corrected chi connectivity index (χ0v) is 21.3. The van der Waals surface area contributed by atoms with Crippen LogP contribution in [-0.4, -0.2) is 89.5 Å². The summed E-state index contributed by atoms with van der Waals surface area (Å²) in [5.41, 5.74) is 5.91. The predicted octanol–water partition coefficient (Wildman–Crippen LogP) is 1.58. The third-order valence-electron chi connectivity index (χ3n) is 5.79. The second-order valence-corrected chi connectivity index (χ2v) is 9.83. The normalized spacial score (nSPS) is 30.9. The minimum Gasteiger partial charge on any atom is -0.394 e. The van der Waals surface area contributed by atoms with Crippen LogP contribution in [0.1, 0.15) is 93.4 Å². The van der Waals surface area contributed by atoms with Gasteiger partial charge in [0.15, 0.2) is 6.29 Å². The number of allylic oxidation sites excluding steroid dienone is 1. The van der Waals surface area contributed by atoms with Crippen molar-refractivity contribution in [3.05, 3.63) is 12.2 Å². The van der Waals surface area contributed by atoms with Crippen molar-refractivity contribution in [2.24, 2.45) is 5.73 Å². The Hall–Kier alpha value is -0.670. The smallest absolute Gasteiger partial charge is 0.394 e. The molecule has 11 nitrogen and oxygen atoms in total. The third kappa shape index (κ3) is 13.8. The van der Waals surface area contributed by atoms with E-state index in [-0.39, 0.29) is 13.0 Å². The number of hydrogen-bond donors (Lipinski definition) is 6. The molecule has 1 fully saturated rings. The SMILES string of the molecule is [2H]C([2H])([2H])C([2H])([2H])C([2H])([2H])CCCCCCCCCC/C=C/[C@@H](O)[C@@H](N)CO[C@@H]1O[C@H](CO)[C@H](O)[C@H](OS(=O)(=O)O)[C@H]1O. The molecule has 1 heterocycles. The highest BCUT2D eigenvalue weighted by Gasteiger charge is 2.47. The van der Waals surface area contributed by atoms with Gasteiger partial charge in [0.25, 0.3) is 0 Å². The van der Waals surface area contributed by atoms with Crippen molar-refractivity contribution in [3.63, 3.8) is 0 Å². The minimum atomic E-state index is -5.05.